The molecule has 0 saturated carbocycles. The molecule has 106 valence electrons. The molecule has 4 nitrogen and oxygen atoms in total. The Balaban J connectivity index is 2.60. The Kier molecular flexibility index (Phi) is 7.05. The van der Waals surface area contributed by atoms with E-state index in [1.165, 1.54) is 12.0 Å². The van der Waals surface area contributed by atoms with Crippen molar-refractivity contribution in [3.05, 3.63) is 28.8 Å². The summed E-state index contributed by atoms with van der Waals surface area (Å²) in [4.78, 5) is 11.7. The summed E-state index contributed by atoms with van der Waals surface area (Å²) < 4.78 is 10.3. The van der Waals surface area contributed by atoms with Gasteiger partial charge in [-0.05, 0) is 39.0 Å². The molecule has 19 heavy (non-hydrogen) atoms. The fraction of sp³-hybridized carbons (Fsp3) is 0.462. The minimum absolute atomic E-state index is 0.173. The zero-order chi connectivity index (χ0) is 14.3. The Morgan fingerprint density at radius 2 is 2.21 bits per heavy atom. The van der Waals surface area contributed by atoms with Crippen molar-refractivity contribution in [2.75, 3.05) is 17.8 Å². The molecule has 1 rings (SSSR count). The fourth-order valence-electron chi connectivity index (χ4n) is 1.28. The first-order chi connectivity index (χ1) is 9.04. The Hall–Kier alpha value is -0.910. The third-order valence-corrected chi connectivity index (χ3v) is 3.17. The van der Waals surface area contributed by atoms with Crippen LogP contribution in [0.3, 0.4) is 0 Å². The average Bonchev–Trinajstić information content (AvgIpc) is 2.36. The lowest BCUT2D eigenvalue weighted by Crippen LogP contribution is -2.07. The van der Waals surface area contributed by atoms with E-state index in [1.807, 2.05) is 13.8 Å². The van der Waals surface area contributed by atoms with Crippen molar-refractivity contribution in [1.29, 1.82) is 0 Å². The average molecular weight is 304 g/mol. The largest absolute Gasteiger partial charge is 0.462 e. The van der Waals surface area contributed by atoms with Crippen LogP contribution in [0.2, 0.25) is 5.02 Å². The number of esters is 1. The molecule has 0 amide bonds. The van der Waals surface area contributed by atoms with Gasteiger partial charge in [-0.3, -0.25) is 0 Å². The summed E-state index contributed by atoms with van der Waals surface area (Å²) in [6.45, 7) is 6.01. The van der Waals surface area contributed by atoms with Crippen molar-refractivity contribution in [2.24, 2.45) is 0 Å². The summed E-state index contributed by atoms with van der Waals surface area (Å²) in [5.41, 5.74) is 1.16. The van der Waals surface area contributed by atoms with E-state index in [4.69, 9.17) is 20.5 Å². The maximum absolute atomic E-state index is 11.7. The predicted octanol–water partition coefficient (Wildman–Crippen LogP) is 3.96. The zero-order valence-corrected chi connectivity index (χ0v) is 12.8. The van der Waals surface area contributed by atoms with E-state index >= 15 is 0 Å². The van der Waals surface area contributed by atoms with Crippen LogP contribution >= 0.6 is 23.6 Å². The summed E-state index contributed by atoms with van der Waals surface area (Å²) in [6, 6.07) is 5.15. The number of nitrogens with one attached hydrogen (secondary N) is 1. The molecule has 6 heteroatoms. The first-order valence-corrected chi connectivity index (χ1v) is 7.32. The second-order valence-electron chi connectivity index (χ2n) is 4.00. The second kappa shape index (κ2) is 8.30. The monoisotopic (exact) mass is 303 g/mol. The van der Waals surface area contributed by atoms with E-state index in [0.717, 1.165) is 5.69 Å². The van der Waals surface area contributed by atoms with Gasteiger partial charge in [-0.15, -0.1) is 0 Å². The van der Waals surface area contributed by atoms with Crippen LogP contribution in [0.25, 0.3) is 0 Å². The van der Waals surface area contributed by atoms with E-state index in [-0.39, 0.29) is 6.10 Å². The molecule has 0 bridgehead atoms. The lowest BCUT2D eigenvalue weighted by atomic mass is 10.2. The highest BCUT2D eigenvalue weighted by Gasteiger charge is 2.12. The van der Waals surface area contributed by atoms with Gasteiger partial charge in [-0.2, -0.15) is 0 Å². The van der Waals surface area contributed by atoms with Crippen LogP contribution in [-0.2, 0) is 8.92 Å². The van der Waals surface area contributed by atoms with Crippen molar-refractivity contribution in [2.45, 2.75) is 26.9 Å². The van der Waals surface area contributed by atoms with E-state index in [0.29, 0.717) is 23.1 Å². The van der Waals surface area contributed by atoms with Crippen LogP contribution in [0.4, 0.5) is 5.69 Å². The molecule has 0 unspecified atom stereocenters. The molecular formula is C13H18ClNO3S. The number of carbonyl (C=O) groups excluding carboxylic acids is 1. The number of hydrogen-bond donors (Lipinski definition) is 1. The number of rotatable bonds is 7. The van der Waals surface area contributed by atoms with Crippen molar-refractivity contribution in [3.8, 4) is 0 Å². The maximum Gasteiger partial charge on any atom is 0.339 e. The molecule has 0 aliphatic heterocycles. The van der Waals surface area contributed by atoms with Gasteiger partial charge in [0.2, 0.25) is 0 Å². The summed E-state index contributed by atoms with van der Waals surface area (Å²) >= 11 is 7.30. The zero-order valence-electron chi connectivity index (χ0n) is 11.2. The van der Waals surface area contributed by atoms with E-state index in [1.54, 1.807) is 25.1 Å². The smallest absolute Gasteiger partial charge is 0.339 e. The van der Waals surface area contributed by atoms with Crippen molar-refractivity contribution in [1.82, 2.24) is 0 Å². The first kappa shape index (κ1) is 16.1. The highest BCUT2D eigenvalue weighted by atomic mass is 35.5. The number of halogens is 1. The van der Waals surface area contributed by atoms with Gasteiger partial charge in [-0.25, -0.2) is 4.79 Å². The lowest BCUT2D eigenvalue weighted by Gasteiger charge is -2.10. The molecule has 0 radical (unpaired) electrons. The lowest BCUT2D eigenvalue weighted by molar-refractivity contribution is 0.0526. The normalized spacial score (nSPS) is 10.6. The summed E-state index contributed by atoms with van der Waals surface area (Å²) in [7, 11) is 0. The minimum atomic E-state index is -0.415. The van der Waals surface area contributed by atoms with Crippen molar-refractivity contribution >= 4 is 35.3 Å². The van der Waals surface area contributed by atoms with Crippen LogP contribution < -0.4 is 5.32 Å². The number of benzene rings is 1. The molecule has 0 spiro atoms. The molecule has 0 heterocycles. The molecule has 0 saturated heterocycles. The Morgan fingerprint density at radius 1 is 1.47 bits per heavy atom. The van der Waals surface area contributed by atoms with Crippen LogP contribution in [0.5, 0.6) is 0 Å². The number of carbonyl (C=O) groups is 1. The standard InChI is InChI=1S/C13H18ClNO3S/c1-4-17-13(16)11-7-10(5-6-12(11)14)15-8-19-18-9(2)3/h5-7,9,15H,4,8H2,1-3H3. The van der Waals surface area contributed by atoms with E-state index in [2.05, 4.69) is 5.32 Å². The van der Waals surface area contributed by atoms with Gasteiger partial charge >= 0.3 is 5.97 Å². The highest BCUT2D eigenvalue weighted by molar-refractivity contribution is 7.94. The van der Waals surface area contributed by atoms with Crippen molar-refractivity contribution in [3.63, 3.8) is 0 Å². The van der Waals surface area contributed by atoms with Crippen LogP contribution in [0.15, 0.2) is 18.2 Å². The second-order valence-corrected chi connectivity index (χ2v) is 5.12. The molecule has 1 aromatic carbocycles. The van der Waals surface area contributed by atoms with Crippen LogP contribution in [0.1, 0.15) is 31.1 Å². The van der Waals surface area contributed by atoms with E-state index < -0.39 is 5.97 Å². The fourth-order valence-corrected chi connectivity index (χ4v) is 2.04. The third-order valence-electron chi connectivity index (χ3n) is 2.06. The molecular weight excluding hydrogens is 286 g/mol. The van der Waals surface area contributed by atoms with Crippen LogP contribution in [0, 0.1) is 0 Å². The van der Waals surface area contributed by atoms with Gasteiger partial charge in [-0.1, -0.05) is 11.6 Å². The maximum atomic E-state index is 11.7. The molecule has 0 aromatic heterocycles. The topological polar surface area (TPSA) is 47.6 Å². The molecule has 1 aromatic rings. The van der Waals surface area contributed by atoms with Gasteiger partial charge in [0.25, 0.3) is 0 Å². The molecule has 0 atom stereocenters. The predicted molar refractivity (Wildman–Crippen MR) is 79.7 cm³/mol. The Morgan fingerprint density at radius 3 is 2.84 bits per heavy atom. The minimum Gasteiger partial charge on any atom is -0.462 e. The number of ether oxygens (including phenoxy) is 1. The molecule has 0 aliphatic carbocycles. The summed E-state index contributed by atoms with van der Waals surface area (Å²) in [6.07, 6.45) is 0.173. The van der Waals surface area contributed by atoms with Gasteiger partial charge in [0.15, 0.2) is 0 Å². The van der Waals surface area contributed by atoms with Crippen LogP contribution in [-0.4, -0.2) is 24.6 Å². The first-order valence-electron chi connectivity index (χ1n) is 6.03. The van der Waals surface area contributed by atoms with E-state index in [9.17, 15) is 4.79 Å². The third kappa shape index (κ3) is 5.72. The summed E-state index contributed by atoms with van der Waals surface area (Å²) in [5, 5.41) is 3.52. The molecule has 0 fully saturated rings. The Bertz CT molecular complexity index is 426. The SMILES string of the molecule is CCOC(=O)c1cc(NCSOC(C)C)ccc1Cl. The molecule has 1 N–H and O–H groups in total. The van der Waals surface area contributed by atoms with Crippen molar-refractivity contribution < 1.29 is 13.7 Å². The quantitative estimate of drug-likeness (QED) is 0.357. The number of hydrogen-bond acceptors (Lipinski definition) is 5. The molecule has 0 aliphatic rings. The van der Waals surface area contributed by atoms with Gasteiger partial charge < -0.3 is 14.2 Å². The van der Waals surface area contributed by atoms with Gasteiger partial charge in [0.05, 0.1) is 29.2 Å². The summed E-state index contributed by atoms with van der Waals surface area (Å²) in [5.74, 6) is 0.171. The van der Waals surface area contributed by atoms with Gasteiger partial charge in [0.1, 0.15) is 0 Å². The Labute approximate surface area is 123 Å². The van der Waals surface area contributed by atoms with Gasteiger partial charge in [0, 0.05) is 17.7 Å². The highest BCUT2D eigenvalue weighted by Crippen LogP contribution is 2.22. The number of anilines is 1.